The van der Waals surface area contributed by atoms with E-state index in [1.54, 1.807) is 24.3 Å². The van der Waals surface area contributed by atoms with Crippen LogP contribution in [0.3, 0.4) is 0 Å². The first-order valence-corrected chi connectivity index (χ1v) is 5.51. The zero-order valence-corrected chi connectivity index (χ0v) is 9.78. The maximum Gasteiger partial charge on any atom is 0.416 e. The van der Waals surface area contributed by atoms with Crippen LogP contribution < -0.4 is 11.1 Å². The fourth-order valence-corrected chi connectivity index (χ4v) is 1.56. The number of nitrogens with zero attached hydrogens (tertiary/aromatic N) is 1. The van der Waals surface area contributed by atoms with Crippen molar-refractivity contribution in [3.8, 4) is 0 Å². The van der Waals surface area contributed by atoms with Crippen LogP contribution in [0.2, 0.25) is 0 Å². The fraction of sp³-hybridized carbons (Fsp3) is 0.250. The van der Waals surface area contributed by atoms with Crippen LogP contribution in [0.25, 0.3) is 10.9 Å². The van der Waals surface area contributed by atoms with E-state index in [-0.39, 0.29) is 5.82 Å². The molecule has 19 heavy (non-hydrogen) atoms. The molecule has 1 heterocycles. The van der Waals surface area contributed by atoms with Gasteiger partial charge in [0.25, 0.3) is 0 Å². The molecule has 102 valence electrons. The molecule has 0 radical (unpaired) electrons. The highest BCUT2D eigenvalue weighted by Crippen LogP contribution is 2.21. The number of hydrogen-bond donors (Lipinski definition) is 3. The number of aliphatic hydroxyl groups excluding tert-OH is 1. The summed E-state index contributed by atoms with van der Waals surface area (Å²) in [6, 6.07) is 8.28. The molecular weight excluding hydrogens is 259 g/mol. The molecule has 0 saturated heterocycles. The van der Waals surface area contributed by atoms with Gasteiger partial charge in [0.05, 0.1) is 12.1 Å². The number of nitrogens with one attached hydrogen (secondary N) is 1. The molecule has 0 bridgehead atoms. The number of pyridine rings is 1. The van der Waals surface area contributed by atoms with Crippen molar-refractivity contribution >= 4 is 22.4 Å². The van der Waals surface area contributed by atoms with Gasteiger partial charge < -0.3 is 16.2 Å². The lowest BCUT2D eigenvalue weighted by atomic mass is 10.2. The number of aromatic nitrogens is 1. The number of aliphatic hydroxyl groups is 1. The minimum Gasteiger partial charge on any atom is -0.399 e. The number of rotatable bonds is 3. The van der Waals surface area contributed by atoms with Crippen molar-refractivity contribution in [2.45, 2.75) is 12.3 Å². The van der Waals surface area contributed by atoms with E-state index in [2.05, 4.69) is 10.3 Å². The molecule has 0 aliphatic carbocycles. The predicted octanol–water partition coefficient (Wildman–Crippen LogP) is 2.15. The maximum absolute atomic E-state index is 12.1. The van der Waals surface area contributed by atoms with E-state index in [4.69, 9.17) is 10.8 Å². The summed E-state index contributed by atoms with van der Waals surface area (Å²) in [5.74, 6) is 0.264. The number of anilines is 2. The lowest BCUT2D eigenvalue weighted by molar-refractivity contribution is -0.198. The standard InChI is InChI=1S/C12H12F3N3O/c13-12(14,15)10(19)6-17-11-4-1-7-5-8(16)2-3-9(7)18-11/h1-5,10,19H,6,16H2,(H,17,18). The van der Waals surface area contributed by atoms with Gasteiger partial charge in [0.15, 0.2) is 6.10 Å². The van der Waals surface area contributed by atoms with Crippen molar-refractivity contribution in [2.75, 3.05) is 17.6 Å². The second kappa shape index (κ2) is 4.93. The van der Waals surface area contributed by atoms with Crippen LogP contribution in [0.1, 0.15) is 0 Å². The first kappa shape index (κ1) is 13.4. The Labute approximate surface area is 107 Å². The van der Waals surface area contributed by atoms with Gasteiger partial charge in [-0.3, -0.25) is 0 Å². The second-order valence-electron chi connectivity index (χ2n) is 4.09. The molecule has 1 aromatic heterocycles. The molecule has 1 aromatic carbocycles. The van der Waals surface area contributed by atoms with Crippen molar-refractivity contribution in [1.29, 1.82) is 0 Å². The number of halogens is 3. The molecule has 1 unspecified atom stereocenters. The Morgan fingerprint density at radius 3 is 2.68 bits per heavy atom. The SMILES string of the molecule is Nc1ccc2nc(NCC(O)C(F)(F)F)ccc2c1. The van der Waals surface area contributed by atoms with Gasteiger partial charge in [-0.1, -0.05) is 0 Å². The third-order valence-corrected chi connectivity index (χ3v) is 2.57. The Kier molecular flexibility index (Phi) is 3.48. The summed E-state index contributed by atoms with van der Waals surface area (Å²) in [6.45, 7) is -0.642. The van der Waals surface area contributed by atoms with Gasteiger partial charge >= 0.3 is 6.18 Å². The van der Waals surface area contributed by atoms with Gasteiger partial charge in [-0.25, -0.2) is 4.98 Å². The summed E-state index contributed by atoms with van der Waals surface area (Å²) in [5, 5.41) is 12.1. The molecule has 7 heteroatoms. The van der Waals surface area contributed by atoms with E-state index in [0.717, 1.165) is 5.39 Å². The molecule has 0 saturated carbocycles. The Balaban J connectivity index is 2.12. The van der Waals surface area contributed by atoms with Crippen LogP contribution in [-0.4, -0.2) is 28.9 Å². The lowest BCUT2D eigenvalue weighted by Crippen LogP contribution is -2.35. The summed E-state index contributed by atoms with van der Waals surface area (Å²) < 4.78 is 36.4. The highest BCUT2D eigenvalue weighted by molar-refractivity contribution is 5.83. The number of alkyl halides is 3. The maximum atomic E-state index is 12.1. The van der Waals surface area contributed by atoms with Crippen LogP contribution in [0.15, 0.2) is 30.3 Å². The number of fused-ring (bicyclic) bond motifs is 1. The second-order valence-corrected chi connectivity index (χ2v) is 4.09. The van der Waals surface area contributed by atoms with E-state index in [0.29, 0.717) is 11.2 Å². The van der Waals surface area contributed by atoms with E-state index in [1.807, 2.05) is 0 Å². The Bertz CT molecular complexity index is 586. The zero-order valence-electron chi connectivity index (χ0n) is 9.78. The molecule has 4 nitrogen and oxygen atoms in total. The molecule has 0 spiro atoms. The average molecular weight is 271 g/mol. The summed E-state index contributed by atoms with van der Waals surface area (Å²) in [7, 11) is 0. The van der Waals surface area contributed by atoms with Gasteiger partial charge in [0, 0.05) is 11.1 Å². The fourth-order valence-electron chi connectivity index (χ4n) is 1.56. The molecule has 1 atom stereocenters. The molecule has 0 fully saturated rings. The summed E-state index contributed by atoms with van der Waals surface area (Å²) >= 11 is 0. The molecule has 2 aromatic rings. The molecule has 0 amide bonds. The van der Waals surface area contributed by atoms with E-state index in [9.17, 15) is 13.2 Å². The Morgan fingerprint density at radius 2 is 2.00 bits per heavy atom. The van der Waals surface area contributed by atoms with Crippen molar-refractivity contribution in [3.05, 3.63) is 30.3 Å². The zero-order chi connectivity index (χ0) is 14.0. The van der Waals surface area contributed by atoms with Crippen LogP contribution in [0, 0.1) is 0 Å². The Hall–Kier alpha value is -2.02. The van der Waals surface area contributed by atoms with Crippen LogP contribution in [0.5, 0.6) is 0 Å². The third kappa shape index (κ3) is 3.25. The van der Waals surface area contributed by atoms with Gasteiger partial charge in [0.2, 0.25) is 0 Å². The van der Waals surface area contributed by atoms with Gasteiger partial charge in [-0.2, -0.15) is 13.2 Å². The average Bonchev–Trinajstić information content (AvgIpc) is 2.34. The number of hydrogen-bond acceptors (Lipinski definition) is 4. The number of nitrogen functional groups attached to an aromatic ring is 1. The summed E-state index contributed by atoms with van der Waals surface area (Å²) in [6.07, 6.45) is -7.06. The van der Waals surface area contributed by atoms with Crippen molar-refractivity contribution in [1.82, 2.24) is 4.98 Å². The minimum atomic E-state index is -4.64. The quantitative estimate of drug-likeness (QED) is 0.748. The molecule has 0 aliphatic rings. The normalized spacial score (nSPS) is 13.5. The van der Waals surface area contributed by atoms with Gasteiger partial charge in [0.1, 0.15) is 5.82 Å². The van der Waals surface area contributed by atoms with Crippen molar-refractivity contribution in [2.24, 2.45) is 0 Å². The van der Waals surface area contributed by atoms with Crippen molar-refractivity contribution in [3.63, 3.8) is 0 Å². The van der Waals surface area contributed by atoms with Crippen LogP contribution in [-0.2, 0) is 0 Å². The third-order valence-electron chi connectivity index (χ3n) is 2.57. The summed E-state index contributed by atoms with van der Waals surface area (Å²) in [4.78, 5) is 4.13. The summed E-state index contributed by atoms with van der Waals surface area (Å²) in [5.41, 5.74) is 6.80. The van der Waals surface area contributed by atoms with Crippen LogP contribution >= 0.6 is 0 Å². The smallest absolute Gasteiger partial charge is 0.399 e. The first-order chi connectivity index (χ1) is 8.86. The predicted molar refractivity (Wildman–Crippen MR) is 66.7 cm³/mol. The van der Waals surface area contributed by atoms with Crippen molar-refractivity contribution < 1.29 is 18.3 Å². The van der Waals surface area contributed by atoms with E-state index < -0.39 is 18.8 Å². The Morgan fingerprint density at radius 1 is 1.26 bits per heavy atom. The highest BCUT2D eigenvalue weighted by atomic mass is 19.4. The number of nitrogens with two attached hydrogens (primary N) is 1. The monoisotopic (exact) mass is 271 g/mol. The lowest BCUT2D eigenvalue weighted by Gasteiger charge is -2.15. The molecule has 4 N–H and O–H groups in total. The first-order valence-electron chi connectivity index (χ1n) is 5.51. The minimum absolute atomic E-state index is 0.264. The number of benzene rings is 1. The highest BCUT2D eigenvalue weighted by Gasteiger charge is 2.37. The molecule has 0 aliphatic heterocycles. The van der Waals surface area contributed by atoms with Gasteiger partial charge in [-0.15, -0.1) is 0 Å². The topological polar surface area (TPSA) is 71.2 Å². The molecular formula is C12H12F3N3O. The largest absolute Gasteiger partial charge is 0.416 e. The van der Waals surface area contributed by atoms with E-state index in [1.165, 1.54) is 6.07 Å². The molecule has 2 rings (SSSR count). The van der Waals surface area contributed by atoms with Gasteiger partial charge in [-0.05, 0) is 30.3 Å². The van der Waals surface area contributed by atoms with Crippen LogP contribution in [0.4, 0.5) is 24.7 Å². The van der Waals surface area contributed by atoms with E-state index >= 15 is 0 Å².